The number of halogens is 3. The highest BCUT2D eigenvalue weighted by molar-refractivity contribution is 5.33. The maximum Gasteiger partial charge on any atom is 0.203 e. The summed E-state index contributed by atoms with van der Waals surface area (Å²) in [5.74, 6) is -4.79. The first-order valence-electron chi connectivity index (χ1n) is 5.65. The molecule has 1 saturated heterocycles. The Morgan fingerprint density at radius 2 is 2.06 bits per heavy atom. The number of aromatic hydroxyl groups is 1. The highest BCUT2D eigenvalue weighted by Crippen LogP contribution is 2.28. The minimum atomic E-state index is -1.52. The van der Waals surface area contributed by atoms with E-state index in [1.165, 1.54) is 0 Å². The number of nitrogens with one attached hydrogen (secondary N) is 1. The Hall–Kier alpha value is -1.23. The van der Waals surface area contributed by atoms with Crippen LogP contribution in [0.25, 0.3) is 0 Å². The van der Waals surface area contributed by atoms with Crippen molar-refractivity contribution >= 4 is 0 Å². The molecular weight excluding hydrogens is 231 g/mol. The second kappa shape index (κ2) is 4.96. The van der Waals surface area contributed by atoms with E-state index in [1.807, 2.05) is 0 Å². The lowest BCUT2D eigenvalue weighted by molar-refractivity contribution is 0.353. The molecule has 0 saturated carbocycles. The summed E-state index contributed by atoms with van der Waals surface area (Å²) in [6, 6.07) is 0.832. The number of rotatable bonds is 2. The molecule has 1 aromatic carbocycles. The van der Waals surface area contributed by atoms with Crippen LogP contribution in [0.4, 0.5) is 13.2 Å². The lowest BCUT2D eigenvalue weighted by Crippen LogP contribution is -2.31. The van der Waals surface area contributed by atoms with Gasteiger partial charge in [0.2, 0.25) is 5.82 Å². The van der Waals surface area contributed by atoms with Gasteiger partial charge in [0.15, 0.2) is 17.4 Å². The van der Waals surface area contributed by atoms with Crippen LogP contribution in [0, 0.1) is 23.4 Å². The second-order valence-corrected chi connectivity index (χ2v) is 4.41. The molecule has 1 unspecified atom stereocenters. The van der Waals surface area contributed by atoms with Crippen LogP contribution in [0.1, 0.15) is 18.4 Å². The van der Waals surface area contributed by atoms with Crippen molar-refractivity contribution in [2.45, 2.75) is 19.3 Å². The Morgan fingerprint density at radius 1 is 1.29 bits per heavy atom. The lowest BCUT2D eigenvalue weighted by atomic mass is 9.92. The maximum absolute atomic E-state index is 13.5. The van der Waals surface area contributed by atoms with Gasteiger partial charge in [-0.05, 0) is 49.9 Å². The fourth-order valence-corrected chi connectivity index (χ4v) is 2.20. The molecule has 0 spiro atoms. The minimum absolute atomic E-state index is 0.0371. The molecule has 1 aliphatic rings. The zero-order valence-corrected chi connectivity index (χ0v) is 9.27. The number of benzene rings is 1. The van der Waals surface area contributed by atoms with E-state index in [1.54, 1.807) is 0 Å². The van der Waals surface area contributed by atoms with E-state index in [0.29, 0.717) is 6.42 Å². The molecule has 0 aliphatic carbocycles. The summed E-state index contributed by atoms with van der Waals surface area (Å²) < 4.78 is 39.5. The number of phenolic OH excluding ortho intramolecular Hbond substituents is 1. The molecule has 17 heavy (non-hydrogen) atoms. The molecule has 1 atom stereocenters. The molecule has 0 aromatic heterocycles. The van der Waals surface area contributed by atoms with Gasteiger partial charge in [-0.25, -0.2) is 8.78 Å². The highest BCUT2D eigenvalue weighted by Gasteiger charge is 2.21. The first-order chi connectivity index (χ1) is 8.09. The summed E-state index contributed by atoms with van der Waals surface area (Å²) >= 11 is 0. The Kier molecular flexibility index (Phi) is 3.57. The van der Waals surface area contributed by atoms with Gasteiger partial charge in [-0.15, -0.1) is 0 Å². The number of phenols is 1. The third-order valence-corrected chi connectivity index (χ3v) is 3.12. The first kappa shape index (κ1) is 12.2. The van der Waals surface area contributed by atoms with Crippen LogP contribution >= 0.6 is 0 Å². The van der Waals surface area contributed by atoms with Gasteiger partial charge in [-0.3, -0.25) is 0 Å². The average Bonchev–Trinajstić information content (AvgIpc) is 2.35. The van der Waals surface area contributed by atoms with E-state index in [9.17, 15) is 13.2 Å². The number of hydrogen-bond donors (Lipinski definition) is 2. The fraction of sp³-hybridized carbons (Fsp3) is 0.500. The third kappa shape index (κ3) is 2.54. The van der Waals surface area contributed by atoms with Crippen LogP contribution in [-0.4, -0.2) is 18.2 Å². The Labute approximate surface area is 97.5 Å². The van der Waals surface area contributed by atoms with Gasteiger partial charge >= 0.3 is 0 Å². The molecule has 94 valence electrons. The summed E-state index contributed by atoms with van der Waals surface area (Å²) in [5.41, 5.74) is 0.0371. The van der Waals surface area contributed by atoms with Crippen molar-refractivity contribution in [3.05, 3.63) is 29.1 Å². The van der Waals surface area contributed by atoms with Gasteiger partial charge in [0, 0.05) is 0 Å². The van der Waals surface area contributed by atoms with Crippen molar-refractivity contribution in [1.29, 1.82) is 0 Å². The van der Waals surface area contributed by atoms with Crippen molar-refractivity contribution in [1.82, 2.24) is 5.32 Å². The summed E-state index contributed by atoms with van der Waals surface area (Å²) in [6.45, 7) is 1.67. The molecule has 1 fully saturated rings. The van der Waals surface area contributed by atoms with Gasteiger partial charge in [0.05, 0.1) is 0 Å². The minimum Gasteiger partial charge on any atom is -0.503 e. The average molecular weight is 245 g/mol. The van der Waals surface area contributed by atoms with Crippen LogP contribution in [-0.2, 0) is 6.42 Å². The third-order valence-electron chi connectivity index (χ3n) is 3.12. The van der Waals surface area contributed by atoms with Gasteiger partial charge in [-0.1, -0.05) is 0 Å². The fourth-order valence-electron chi connectivity index (χ4n) is 2.20. The molecule has 5 heteroatoms. The second-order valence-electron chi connectivity index (χ2n) is 4.41. The van der Waals surface area contributed by atoms with Crippen LogP contribution in [0.3, 0.4) is 0 Å². The lowest BCUT2D eigenvalue weighted by Gasteiger charge is -2.23. The molecule has 1 aliphatic heterocycles. The smallest absolute Gasteiger partial charge is 0.203 e. The summed E-state index contributed by atoms with van der Waals surface area (Å²) in [7, 11) is 0. The zero-order valence-electron chi connectivity index (χ0n) is 9.27. The molecule has 2 rings (SSSR count). The SMILES string of the molecule is Oc1c(F)c(F)cc(CC2CCCNC2)c1F. The number of hydrogen-bond acceptors (Lipinski definition) is 2. The Bertz CT molecular complexity index is 417. The monoisotopic (exact) mass is 245 g/mol. The van der Waals surface area contributed by atoms with Crippen molar-refractivity contribution in [3.63, 3.8) is 0 Å². The highest BCUT2D eigenvalue weighted by atomic mass is 19.2. The van der Waals surface area contributed by atoms with Crippen molar-refractivity contribution < 1.29 is 18.3 Å². The standard InChI is InChI=1S/C12H14F3NO/c13-9-5-8(10(14)12(17)11(9)15)4-7-2-1-3-16-6-7/h5,7,16-17H,1-4,6H2. The summed E-state index contributed by atoms with van der Waals surface area (Å²) in [6.07, 6.45) is 2.22. The maximum atomic E-state index is 13.5. The van der Waals surface area contributed by atoms with E-state index in [2.05, 4.69) is 5.32 Å². The predicted molar refractivity (Wildman–Crippen MR) is 57.3 cm³/mol. The van der Waals surface area contributed by atoms with Crippen LogP contribution in [0.2, 0.25) is 0 Å². The molecule has 0 radical (unpaired) electrons. The molecule has 1 aromatic rings. The Balaban J connectivity index is 2.20. The van der Waals surface area contributed by atoms with Gasteiger partial charge in [-0.2, -0.15) is 4.39 Å². The molecule has 0 amide bonds. The topological polar surface area (TPSA) is 32.3 Å². The van der Waals surface area contributed by atoms with Gasteiger partial charge < -0.3 is 10.4 Å². The zero-order chi connectivity index (χ0) is 12.4. The van der Waals surface area contributed by atoms with E-state index >= 15 is 0 Å². The van der Waals surface area contributed by atoms with Gasteiger partial charge in [0.25, 0.3) is 0 Å². The van der Waals surface area contributed by atoms with E-state index in [4.69, 9.17) is 5.11 Å². The first-order valence-corrected chi connectivity index (χ1v) is 5.65. The summed E-state index contributed by atoms with van der Waals surface area (Å²) in [5, 5.41) is 12.3. The summed E-state index contributed by atoms with van der Waals surface area (Å²) in [4.78, 5) is 0. The normalized spacial score (nSPS) is 20.5. The quantitative estimate of drug-likeness (QED) is 0.784. The van der Waals surface area contributed by atoms with E-state index < -0.39 is 23.2 Å². The van der Waals surface area contributed by atoms with E-state index in [-0.39, 0.29) is 11.5 Å². The number of piperidine rings is 1. The molecular formula is C12H14F3NO. The Morgan fingerprint density at radius 3 is 2.71 bits per heavy atom. The van der Waals surface area contributed by atoms with Crippen molar-refractivity contribution in [3.8, 4) is 5.75 Å². The predicted octanol–water partition coefficient (Wildman–Crippen LogP) is 2.35. The largest absolute Gasteiger partial charge is 0.503 e. The van der Waals surface area contributed by atoms with Crippen molar-refractivity contribution in [2.24, 2.45) is 5.92 Å². The molecule has 2 nitrogen and oxygen atoms in total. The van der Waals surface area contributed by atoms with Gasteiger partial charge in [0.1, 0.15) is 0 Å². The van der Waals surface area contributed by atoms with E-state index in [0.717, 1.165) is 32.0 Å². The van der Waals surface area contributed by atoms with Crippen LogP contribution < -0.4 is 5.32 Å². The van der Waals surface area contributed by atoms with Crippen LogP contribution in [0.5, 0.6) is 5.75 Å². The molecule has 1 heterocycles. The van der Waals surface area contributed by atoms with Crippen LogP contribution in [0.15, 0.2) is 6.07 Å². The molecule has 2 N–H and O–H groups in total. The molecule has 0 bridgehead atoms. The van der Waals surface area contributed by atoms with Crippen molar-refractivity contribution in [2.75, 3.05) is 13.1 Å².